The number of hydrogen-bond donors (Lipinski definition) is 2. The minimum Gasteiger partial charge on any atom is -0.443 e. The third-order valence-corrected chi connectivity index (χ3v) is 5.41. The van der Waals surface area contributed by atoms with Crippen molar-refractivity contribution in [1.29, 1.82) is 0 Å². The van der Waals surface area contributed by atoms with E-state index in [-0.39, 0.29) is 25.9 Å². The second kappa shape index (κ2) is 10.2. The van der Waals surface area contributed by atoms with Gasteiger partial charge in [-0.25, -0.2) is 15.1 Å². The van der Waals surface area contributed by atoms with Gasteiger partial charge in [-0.05, 0) is 39.7 Å². The van der Waals surface area contributed by atoms with Crippen molar-refractivity contribution in [3.63, 3.8) is 0 Å². The van der Waals surface area contributed by atoms with Crippen LogP contribution in [0, 0.1) is 0 Å². The van der Waals surface area contributed by atoms with E-state index in [0.29, 0.717) is 5.06 Å². The third kappa shape index (κ3) is 6.91. The molecule has 0 spiro atoms. The molecule has 0 unspecified atom stereocenters. The minimum atomic E-state index is -4.90. The van der Waals surface area contributed by atoms with Gasteiger partial charge in [-0.3, -0.25) is 28.8 Å². The van der Waals surface area contributed by atoms with Crippen LogP contribution < -0.4 is 5.48 Å². The molecule has 0 saturated carbocycles. The van der Waals surface area contributed by atoms with E-state index in [9.17, 15) is 27.6 Å². The SMILES string of the molecule is CC(C)(C)OC(=O)N1C=CN(C(=O)CONC(=O)[C@@H]2CC[C@@H]3CN2C(=O)N3OS(=O)(=O)O)C=CC1. The fourth-order valence-electron chi connectivity index (χ4n) is 3.57. The first kappa shape index (κ1) is 26.4. The van der Waals surface area contributed by atoms with Crippen molar-refractivity contribution in [2.24, 2.45) is 0 Å². The van der Waals surface area contributed by atoms with E-state index in [1.54, 1.807) is 26.8 Å². The predicted molar refractivity (Wildman–Crippen MR) is 116 cm³/mol. The number of amides is 5. The van der Waals surface area contributed by atoms with Gasteiger partial charge in [0.25, 0.3) is 11.8 Å². The summed E-state index contributed by atoms with van der Waals surface area (Å²) in [6.45, 7) is 4.85. The maximum absolute atomic E-state index is 12.5. The number of fused-ring (bicyclic) bond motifs is 2. The molecule has 15 nitrogen and oxygen atoms in total. The minimum absolute atomic E-state index is 0.0168. The Morgan fingerprint density at radius 3 is 2.54 bits per heavy atom. The molecule has 16 heteroatoms. The molecule has 3 heterocycles. The Labute approximate surface area is 201 Å². The van der Waals surface area contributed by atoms with Gasteiger partial charge >= 0.3 is 22.5 Å². The predicted octanol–water partition coefficient (Wildman–Crippen LogP) is 0.101. The molecule has 0 aromatic heterocycles. The van der Waals surface area contributed by atoms with Gasteiger partial charge in [-0.15, -0.1) is 4.28 Å². The molecule has 0 aromatic rings. The van der Waals surface area contributed by atoms with Crippen LogP contribution in [0.5, 0.6) is 0 Å². The first-order chi connectivity index (χ1) is 16.2. The van der Waals surface area contributed by atoms with Crippen LogP contribution in [0.15, 0.2) is 24.7 Å². The van der Waals surface area contributed by atoms with Crippen molar-refractivity contribution in [2.45, 2.75) is 51.3 Å². The maximum Gasteiger partial charge on any atom is 0.418 e. The Balaban J connectivity index is 1.48. The van der Waals surface area contributed by atoms with Crippen molar-refractivity contribution < 1.29 is 46.0 Å². The van der Waals surface area contributed by atoms with E-state index >= 15 is 0 Å². The van der Waals surface area contributed by atoms with Crippen molar-refractivity contribution in [3.8, 4) is 0 Å². The standard InChI is InChI=1S/C19H27N5O10S/c1-19(2,3)33-18(28)22-8-4-7-21(9-10-22)15(25)12-32-20-16(26)14-6-5-13-11-23(14)17(27)24(13)34-35(29,30)31/h4,7,9-10,13-14H,5-6,8,11-12H2,1-3H3,(H,20,26)(H,29,30,31)/t13-,14+/m1/s1. The molecule has 2 atom stereocenters. The van der Waals surface area contributed by atoms with Crippen LogP contribution in [0.25, 0.3) is 0 Å². The summed E-state index contributed by atoms with van der Waals surface area (Å²) in [5.74, 6) is -1.27. The van der Waals surface area contributed by atoms with Gasteiger partial charge < -0.3 is 9.64 Å². The van der Waals surface area contributed by atoms with Crippen molar-refractivity contribution in [1.82, 2.24) is 25.2 Å². The van der Waals surface area contributed by atoms with Crippen LogP contribution in [0.1, 0.15) is 33.6 Å². The lowest BCUT2D eigenvalue weighted by atomic mass is 10.0. The van der Waals surface area contributed by atoms with E-state index in [4.69, 9.17) is 14.1 Å². The van der Waals surface area contributed by atoms with E-state index in [1.165, 1.54) is 23.5 Å². The highest BCUT2D eigenvalue weighted by atomic mass is 32.3. The molecule has 0 aliphatic carbocycles. The van der Waals surface area contributed by atoms with Gasteiger partial charge in [0.05, 0.1) is 6.04 Å². The van der Waals surface area contributed by atoms with Gasteiger partial charge in [0.2, 0.25) is 0 Å². The fraction of sp³-hybridized carbons (Fsp3) is 0.579. The zero-order valence-electron chi connectivity index (χ0n) is 19.3. The van der Waals surface area contributed by atoms with Crippen LogP contribution in [-0.4, -0.2) is 94.1 Å². The zero-order chi connectivity index (χ0) is 26.0. The summed E-state index contributed by atoms with van der Waals surface area (Å²) >= 11 is 0. The summed E-state index contributed by atoms with van der Waals surface area (Å²) in [6.07, 6.45) is 5.57. The molecular weight excluding hydrogens is 490 g/mol. The second-order valence-electron chi connectivity index (χ2n) is 8.88. The molecule has 35 heavy (non-hydrogen) atoms. The molecule has 3 rings (SSSR count). The molecule has 2 fully saturated rings. The molecule has 5 amide bonds. The molecule has 3 aliphatic rings. The smallest absolute Gasteiger partial charge is 0.418 e. The zero-order valence-corrected chi connectivity index (χ0v) is 20.1. The summed E-state index contributed by atoms with van der Waals surface area (Å²) in [5.41, 5.74) is 1.44. The van der Waals surface area contributed by atoms with Crippen LogP contribution >= 0.6 is 0 Å². The summed E-state index contributed by atoms with van der Waals surface area (Å²) < 4.78 is 40.3. The Morgan fingerprint density at radius 2 is 1.89 bits per heavy atom. The van der Waals surface area contributed by atoms with Crippen molar-refractivity contribution in [2.75, 3.05) is 19.7 Å². The average Bonchev–Trinajstić information content (AvgIpc) is 2.92. The van der Waals surface area contributed by atoms with Crippen molar-refractivity contribution >= 4 is 34.3 Å². The summed E-state index contributed by atoms with van der Waals surface area (Å²) in [5, 5.41) is 0.519. The molecule has 194 valence electrons. The second-order valence-corrected chi connectivity index (χ2v) is 9.89. The first-order valence-corrected chi connectivity index (χ1v) is 12.0. The van der Waals surface area contributed by atoms with E-state index < -0.39 is 58.6 Å². The highest BCUT2D eigenvalue weighted by Crippen LogP contribution is 2.30. The number of hydroxylamine groups is 3. The Kier molecular flexibility index (Phi) is 7.68. The van der Waals surface area contributed by atoms with Crippen LogP contribution in [0.4, 0.5) is 9.59 Å². The number of nitrogens with zero attached hydrogens (tertiary/aromatic N) is 4. The number of urea groups is 1. The number of ether oxygens (including phenoxy) is 1. The normalized spacial score (nSPS) is 22.3. The maximum atomic E-state index is 12.5. The molecular formula is C19H27N5O10S. The van der Waals surface area contributed by atoms with E-state index in [2.05, 4.69) is 9.76 Å². The van der Waals surface area contributed by atoms with Gasteiger partial charge in [-0.2, -0.15) is 13.5 Å². The first-order valence-electron chi connectivity index (χ1n) is 10.6. The largest absolute Gasteiger partial charge is 0.443 e. The fourth-order valence-corrected chi connectivity index (χ4v) is 3.96. The average molecular weight is 518 g/mol. The third-order valence-electron chi connectivity index (χ3n) is 5.06. The monoisotopic (exact) mass is 517 g/mol. The number of rotatable bonds is 6. The molecule has 0 radical (unpaired) electrons. The van der Waals surface area contributed by atoms with Gasteiger partial charge in [0, 0.05) is 31.7 Å². The Morgan fingerprint density at radius 1 is 1.17 bits per heavy atom. The van der Waals surface area contributed by atoms with Crippen LogP contribution in [0.3, 0.4) is 0 Å². The van der Waals surface area contributed by atoms with E-state index in [1.807, 2.05) is 0 Å². The summed E-state index contributed by atoms with van der Waals surface area (Å²) in [6, 6.07) is -2.52. The topological polar surface area (TPSA) is 175 Å². The van der Waals surface area contributed by atoms with Crippen LogP contribution in [-0.2, 0) is 33.8 Å². The lowest BCUT2D eigenvalue weighted by Crippen LogP contribution is -2.50. The number of hydrogen-bond acceptors (Lipinski definition) is 9. The number of piperidine rings is 1. The Bertz CT molecular complexity index is 1040. The number of nitrogens with one attached hydrogen (secondary N) is 1. The highest BCUT2D eigenvalue weighted by molar-refractivity contribution is 7.80. The summed E-state index contributed by atoms with van der Waals surface area (Å²) in [4.78, 5) is 58.0. The lowest BCUT2D eigenvalue weighted by Gasteiger charge is -2.28. The summed E-state index contributed by atoms with van der Waals surface area (Å²) in [7, 11) is -4.90. The molecule has 3 aliphatic heterocycles. The van der Waals surface area contributed by atoms with Gasteiger partial charge in [0.1, 0.15) is 11.6 Å². The number of carbonyl (C=O) groups excluding carboxylic acids is 4. The molecule has 2 saturated heterocycles. The number of carbonyl (C=O) groups is 4. The van der Waals surface area contributed by atoms with Gasteiger partial charge in [0.15, 0.2) is 6.61 Å². The van der Waals surface area contributed by atoms with Gasteiger partial charge in [-0.1, -0.05) is 0 Å². The van der Waals surface area contributed by atoms with Crippen molar-refractivity contribution in [3.05, 3.63) is 24.7 Å². The highest BCUT2D eigenvalue weighted by Gasteiger charge is 2.49. The molecule has 2 N–H and O–H groups in total. The van der Waals surface area contributed by atoms with Crippen LogP contribution in [0.2, 0.25) is 0 Å². The van der Waals surface area contributed by atoms with E-state index in [0.717, 1.165) is 9.80 Å². The lowest BCUT2D eigenvalue weighted by molar-refractivity contribution is -0.145. The Hall–Kier alpha value is -3.21. The quantitative estimate of drug-likeness (QED) is 0.363. The molecule has 0 aromatic carbocycles. The molecule has 2 bridgehead atoms.